The third-order valence-electron chi connectivity index (χ3n) is 3.44. The lowest BCUT2D eigenvalue weighted by molar-refractivity contribution is 0.0994. The van der Waals surface area contributed by atoms with Crippen LogP contribution in [-0.2, 0) is 6.54 Å². The van der Waals surface area contributed by atoms with E-state index < -0.39 is 0 Å². The first-order valence-electron chi connectivity index (χ1n) is 7.35. The summed E-state index contributed by atoms with van der Waals surface area (Å²) in [5.74, 6) is 0.440. The molecular formula is C18H16N2O3S. The molecule has 0 spiro atoms. The summed E-state index contributed by atoms with van der Waals surface area (Å²) < 4.78 is 7.07. The van der Waals surface area contributed by atoms with Crippen LogP contribution in [0, 0.1) is 0 Å². The van der Waals surface area contributed by atoms with Crippen molar-refractivity contribution in [2.45, 2.75) is 11.4 Å². The Labute approximate surface area is 143 Å². The minimum absolute atomic E-state index is 0.117. The summed E-state index contributed by atoms with van der Waals surface area (Å²) >= 11 is 1.61. The molecule has 0 aliphatic carbocycles. The number of anilines is 1. The molecule has 0 aliphatic heterocycles. The number of hydrogen-bond acceptors (Lipinski definition) is 4. The number of nitrogens with one attached hydrogen (secondary N) is 1. The molecule has 5 nitrogen and oxygen atoms in total. The van der Waals surface area contributed by atoms with Crippen molar-refractivity contribution in [2.24, 2.45) is 0 Å². The van der Waals surface area contributed by atoms with E-state index in [-0.39, 0.29) is 23.8 Å². The lowest BCUT2D eigenvalue weighted by Gasteiger charge is -2.05. The Hall–Kier alpha value is -2.73. The van der Waals surface area contributed by atoms with Gasteiger partial charge in [-0.3, -0.25) is 9.59 Å². The van der Waals surface area contributed by atoms with Crippen molar-refractivity contribution >= 4 is 23.4 Å². The number of amides is 1. The normalized spacial score (nSPS) is 10.5. The van der Waals surface area contributed by atoms with Crippen LogP contribution in [-0.4, -0.2) is 16.7 Å². The molecule has 3 rings (SSSR count). The maximum absolute atomic E-state index is 12.3. The van der Waals surface area contributed by atoms with Gasteiger partial charge in [-0.1, -0.05) is 12.1 Å². The van der Waals surface area contributed by atoms with E-state index in [1.807, 2.05) is 30.5 Å². The Bertz CT molecular complexity index is 914. The summed E-state index contributed by atoms with van der Waals surface area (Å²) in [6.45, 7) is 0.287. The molecule has 0 unspecified atom stereocenters. The highest BCUT2D eigenvalue weighted by Crippen LogP contribution is 2.20. The Morgan fingerprint density at radius 3 is 2.83 bits per heavy atom. The van der Waals surface area contributed by atoms with Gasteiger partial charge in [-0.2, -0.15) is 0 Å². The summed E-state index contributed by atoms with van der Waals surface area (Å²) in [6.07, 6.45) is 3.66. The molecule has 6 heteroatoms. The Balaban J connectivity index is 1.71. The number of pyridine rings is 1. The second-order valence-corrected chi connectivity index (χ2v) is 6.00. The third-order valence-corrected chi connectivity index (χ3v) is 4.16. The smallest absolute Gasteiger partial charge is 0.291 e. The van der Waals surface area contributed by atoms with E-state index in [9.17, 15) is 9.59 Å². The van der Waals surface area contributed by atoms with Gasteiger partial charge in [0.1, 0.15) is 5.76 Å². The van der Waals surface area contributed by atoms with E-state index in [1.54, 1.807) is 42.2 Å². The molecule has 0 aliphatic rings. The number of nitrogens with zero attached hydrogens (tertiary/aromatic N) is 1. The molecular weight excluding hydrogens is 324 g/mol. The monoisotopic (exact) mass is 340 g/mol. The van der Waals surface area contributed by atoms with E-state index in [0.717, 1.165) is 4.90 Å². The number of carbonyl (C=O) groups excluding carboxylic acids is 1. The summed E-state index contributed by atoms with van der Waals surface area (Å²) in [7, 11) is 0. The molecule has 1 aromatic carbocycles. The number of furan rings is 1. The van der Waals surface area contributed by atoms with Crippen molar-refractivity contribution in [2.75, 3.05) is 11.6 Å². The zero-order valence-electron chi connectivity index (χ0n) is 13.1. The van der Waals surface area contributed by atoms with Crippen molar-refractivity contribution in [3.05, 3.63) is 82.7 Å². The van der Waals surface area contributed by atoms with Crippen molar-refractivity contribution in [1.82, 2.24) is 4.57 Å². The SMILES string of the molecule is CSc1cccc(NC(=O)c2ccc(Cn3ccccc3=O)o2)c1. The third kappa shape index (κ3) is 3.78. The molecule has 3 aromatic rings. The largest absolute Gasteiger partial charge is 0.454 e. The lowest BCUT2D eigenvalue weighted by Crippen LogP contribution is -2.18. The van der Waals surface area contributed by atoms with Crippen molar-refractivity contribution in [1.29, 1.82) is 0 Å². The van der Waals surface area contributed by atoms with Crippen LogP contribution in [0.3, 0.4) is 0 Å². The predicted octanol–water partition coefficient (Wildman–Crippen LogP) is 3.46. The molecule has 0 fully saturated rings. The molecule has 0 radical (unpaired) electrons. The maximum Gasteiger partial charge on any atom is 0.291 e. The van der Waals surface area contributed by atoms with Crippen LogP contribution in [0.25, 0.3) is 0 Å². The van der Waals surface area contributed by atoms with Gasteiger partial charge >= 0.3 is 0 Å². The number of rotatable bonds is 5. The minimum Gasteiger partial charge on any atom is -0.454 e. The number of aromatic nitrogens is 1. The molecule has 122 valence electrons. The molecule has 0 saturated carbocycles. The number of carbonyl (C=O) groups is 1. The summed E-state index contributed by atoms with van der Waals surface area (Å²) in [5, 5.41) is 2.81. The molecule has 0 saturated heterocycles. The van der Waals surface area contributed by atoms with Gasteiger partial charge in [0.25, 0.3) is 11.5 Å². The van der Waals surface area contributed by atoms with Crippen LogP contribution in [0.4, 0.5) is 5.69 Å². The van der Waals surface area contributed by atoms with E-state index in [0.29, 0.717) is 11.4 Å². The first-order valence-corrected chi connectivity index (χ1v) is 8.58. The quantitative estimate of drug-likeness (QED) is 0.723. The van der Waals surface area contributed by atoms with Crippen LogP contribution in [0.1, 0.15) is 16.3 Å². The molecule has 2 aromatic heterocycles. The second-order valence-electron chi connectivity index (χ2n) is 5.12. The van der Waals surface area contributed by atoms with Crippen LogP contribution < -0.4 is 10.9 Å². The fourth-order valence-electron chi connectivity index (χ4n) is 2.24. The van der Waals surface area contributed by atoms with Crippen LogP contribution >= 0.6 is 11.8 Å². The van der Waals surface area contributed by atoms with Gasteiger partial charge in [0, 0.05) is 22.8 Å². The highest BCUT2D eigenvalue weighted by atomic mass is 32.2. The van der Waals surface area contributed by atoms with Gasteiger partial charge in [-0.15, -0.1) is 11.8 Å². The fourth-order valence-corrected chi connectivity index (χ4v) is 2.70. The number of benzene rings is 1. The zero-order chi connectivity index (χ0) is 16.9. The lowest BCUT2D eigenvalue weighted by atomic mass is 10.3. The van der Waals surface area contributed by atoms with Crippen molar-refractivity contribution in [3.63, 3.8) is 0 Å². The molecule has 1 amide bonds. The average Bonchev–Trinajstić information content (AvgIpc) is 3.06. The highest BCUT2D eigenvalue weighted by Gasteiger charge is 2.12. The van der Waals surface area contributed by atoms with E-state index in [1.165, 1.54) is 10.6 Å². The van der Waals surface area contributed by atoms with Crippen molar-refractivity contribution in [3.8, 4) is 0 Å². The van der Waals surface area contributed by atoms with Crippen LogP contribution in [0.15, 0.2) is 74.9 Å². The Morgan fingerprint density at radius 1 is 1.17 bits per heavy atom. The molecule has 0 atom stereocenters. The predicted molar refractivity (Wildman–Crippen MR) is 94.7 cm³/mol. The van der Waals surface area contributed by atoms with Gasteiger partial charge in [0.15, 0.2) is 5.76 Å². The first-order chi connectivity index (χ1) is 11.7. The second kappa shape index (κ2) is 7.23. The first kappa shape index (κ1) is 16.1. The van der Waals surface area contributed by atoms with E-state index in [2.05, 4.69) is 5.32 Å². The van der Waals surface area contributed by atoms with Gasteiger partial charge in [-0.25, -0.2) is 0 Å². The van der Waals surface area contributed by atoms with Gasteiger partial charge < -0.3 is 14.3 Å². The Kier molecular flexibility index (Phi) is 4.86. The number of thioether (sulfide) groups is 1. The average molecular weight is 340 g/mol. The summed E-state index contributed by atoms with van der Waals surface area (Å²) in [4.78, 5) is 25.0. The highest BCUT2D eigenvalue weighted by molar-refractivity contribution is 7.98. The van der Waals surface area contributed by atoms with Crippen molar-refractivity contribution < 1.29 is 9.21 Å². The summed E-state index contributed by atoms with van der Waals surface area (Å²) in [6, 6.07) is 15.8. The molecule has 2 heterocycles. The topological polar surface area (TPSA) is 64.2 Å². The van der Waals surface area contributed by atoms with E-state index >= 15 is 0 Å². The molecule has 0 bridgehead atoms. The molecule has 1 N–H and O–H groups in total. The maximum atomic E-state index is 12.3. The summed E-state index contributed by atoms with van der Waals surface area (Å²) in [5.41, 5.74) is 0.595. The van der Waals surface area contributed by atoms with Gasteiger partial charge in [0.2, 0.25) is 0 Å². The molecule has 24 heavy (non-hydrogen) atoms. The fraction of sp³-hybridized carbons (Fsp3) is 0.111. The standard InChI is InChI=1S/C18H16N2O3S/c1-24-15-6-4-5-13(11-15)19-18(22)16-9-8-14(23-16)12-20-10-3-2-7-17(20)21/h2-11H,12H2,1H3,(H,19,22). The van der Waals surface area contributed by atoms with E-state index in [4.69, 9.17) is 4.42 Å². The number of hydrogen-bond donors (Lipinski definition) is 1. The van der Waals surface area contributed by atoms with Gasteiger partial charge in [0.05, 0.1) is 6.54 Å². The van der Waals surface area contributed by atoms with Crippen LogP contribution in [0.5, 0.6) is 0 Å². The zero-order valence-corrected chi connectivity index (χ0v) is 13.9. The minimum atomic E-state index is -0.320. The Morgan fingerprint density at radius 2 is 2.04 bits per heavy atom. The van der Waals surface area contributed by atoms with Crippen LogP contribution in [0.2, 0.25) is 0 Å². The van der Waals surface area contributed by atoms with Gasteiger partial charge in [-0.05, 0) is 42.7 Å².